The highest BCUT2D eigenvalue weighted by Gasteiger charge is 2.18. The summed E-state index contributed by atoms with van der Waals surface area (Å²) < 4.78 is 5.13. The van der Waals surface area contributed by atoms with Gasteiger partial charge in [0.15, 0.2) is 0 Å². The SMILES string of the molecule is COCCC(C)(C)CNCC(CN)CC(C)C. The molecule has 0 heterocycles. The van der Waals surface area contributed by atoms with Gasteiger partial charge in [0.25, 0.3) is 0 Å². The molecule has 0 saturated heterocycles. The van der Waals surface area contributed by atoms with Crippen molar-refractivity contribution in [2.24, 2.45) is 23.0 Å². The van der Waals surface area contributed by atoms with E-state index in [1.807, 2.05) is 0 Å². The van der Waals surface area contributed by atoms with Crippen molar-refractivity contribution in [3.8, 4) is 0 Å². The Bertz CT molecular complexity index is 181. The maximum absolute atomic E-state index is 5.79. The first-order valence-corrected chi connectivity index (χ1v) is 6.81. The largest absolute Gasteiger partial charge is 0.385 e. The van der Waals surface area contributed by atoms with E-state index in [9.17, 15) is 0 Å². The predicted octanol–water partition coefficient (Wildman–Crippen LogP) is 2.26. The van der Waals surface area contributed by atoms with Crippen LogP contribution in [0.4, 0.5) is 0 Å². The second kappa shape index (κ2) is 8.90. The van der Waals surface area contributed by atoms with Gasteiger partial charge >= 0.3 is 0 Å². The van der Waals surface area contributed by atoms with Crippen LogP contribution < -0.4 is 11.1 Å². The van der Waals surface area contributed by atoms with Crippen molar-refractivity contribution in [2.45, 2.75) is 40.5 Å². The Hall–Kier alpha value is -0.120. The fourth-order valence-corrected chi connectivity index (χ4v) is 2.01. The van der Waals surface area contributed by atoms with Gasteiger partial charge in [-0.25, -0.2) is 0 Å². The van der Waals surface area contributed by atoms with Crippen LogP contribution in [0, 0.1) is 17.3 Å². The third-order valence-electron chi connectivity index (χ3n) is 3.16. The van der Waals surface area contributed by atoms with E-state index in [1.54, 1.807) is 7.11 Å². The molecule has 0 aliphatic heterocycles. The van der Waals surface area contributed by atoms with Gasteiger partial charge < -0.3 is 15.8 Å². The van der Waals surface area contributed by atoms with Crippen LogP contribution in [0.3, 0.4) is 0 Å². The minimum absolute atomic E-state index is 0.299. The first-order valence-electron chi connectivity index (χ1n) is 6.81. The van der Waals surface area contributed by atoms with Gasteiger partial charge in [-0.05, 0) is 43.2 Å². The van der Waals surface area contributed by atoms with E-state index in [0.717, 1.165) is 38.6 Å². The number of methoxy groups -OCH3 is 1. The second-order valence-electron chi connectivity index (χ2n) is 6.27. The average molecular weight is 244 g/mol. The molecule has 17 heavy (non-hydrogen) atoms. The lowest BCUT2D eigenvalue weighted by atomic mass is 9.89. The first-order chi connectivity index (χ1) is 7.91. The quantitative estimate of drug-likeness (QED) is 0.620. The van der Waals surface area contributed by atoms with Gasteiger partial charge in [0, 0.05) is 20.3 Å². The van der Waals surface area contributed by atoms with Crippen molar-refractivity contribution in [2.75, 3.05) is 33.4 Å². The highest BCUT2D eigenvalue weighted by molar-refractivity contribution is 4.73. The van der Waals surface area contributed by atoms with Crippen LogP contribution in [0.1, 0.15) is 40.5 Å². The minimum Gasteiger partial charge on any atom is -0.385 e. The number of hydrogen-bond donors (Lipinski definition) is 2. The van der Waals surface area contributed by atoms with Crippen molar-refractivity contribution in [3.05, 3.63) is 0 Å². The van der Waals surface area contributed by atoms with Gasteiger partial charge in [0.1, 0.15) is 0 Å². The predicted molar refractivity (Wildman–Crippen MR) is 75.1 cm³/mol. The zero-order chi connectivity index (χ0) is 13.3. The van der Waals surface area contributed by atoms with Gasteiger partial charge in [0.05, 0.1) is 0 Å². The van der Waals surface area contributed by atoms with Crippen molar-refractivity contribution in [1.82, 2.24) is 5.32 Å². The van der Waals surface area contributed by atoms with Gasteiger partial charge in [0.2, 0.25) is 0 Å². The van der Waals surface area contributed by atoms with Gasteiger partial charge in [-0.15, -0.1) is 0 Å². The Kier molecular flexibility index (Phi) is 8.83. The second-order valence-corrected chi connectivity index (χ2v) is 6.27. The molecule has 0 amide bonds. The molecule has 0 radical (unpaired) electrons. The molecule has 104 valence electrons. The van der Waals surface area contributed by atoms with Crippen molar-refractivity contribution in [1.29, 1.82) is 0 Å². The van der Waals surface area contributed by atoms with Crippen molar-refractivity contribution >= 4 is 0 Å². The molecule has 0 saturated carbocycles. The topological polar surface area (TPSA) is 47.3 Å². The third-order valence-corrected chi connectivity index (χ3v) is 3.16. The fraction of sp³-hybridized carbons (Fsp3) is 1.00. The zero-order valence-corrected chi connectivity index (χ0v) is 12.4. The Morgan fingerprint density at radius 1 is 1.29 bits per heavy atom. The Labute approximate surface area is 107 Å². The number of hydrogen-bond acceptors (Lipinski definition) is 3. The summed E-state index contributed by atoms with van der Waals surface area (Å²) >= 11 is 0. The maximum Gasteiger partial charge on any atom is 0.0467 e. The fourth-order valence-electron chi connectivity index (χ4n) is 2.01. The van der Waals surface area contributed by atoms with Crippen molar-refractivity contribution in [3.63, 3.8) is 0 Å². The van der Waals surface area contributed by atoms with E-state index >= 15 is 0 Å². The molecule has 0 bridgehead atoms. The summed E-state index contributed by atoms with van der Waals surface area (Å²) in [5.74, 6) is 1.33. The zero-order valence-electron chi connectivity index (χ0n) is 12.4. The number of ether oxygens (including phenoxy) is 1. The summed E-state index contributed by atoms with van der Waals surface area (Å²) in [6, 6.07) is 0. The minimum atomic E-state index is 0.299. The molecule has 0 spiro atoms. The monoisotopic (exact) mass is 244 g/mol. The summed E-state index contributed by atoms with van der Waals surface area (Å²) in [6.07, 6.45) is 2.30. The molecule has 0 rings (SSSR count). The molecule has 0 aromatic rings. The van der Waals surface area contributed by atoms with E-state index in [4.69, 9.17) is 10.5 Å². The lowest BCUT2D eigenvalue weighted by molar-refractivity contribution is 0.150. The molecule has 0 aliphatic carbocycles. The summed E-state index contributed by atoms with van der Waals surface area (Å²) in [6.45, 7) is 12.7. The van der Waals surface area contributed by atoms with Crippen molar-refractivity contribution < 1.29 is 4.74 Å². The number of rotatable bonds is 10. The van der Waals surface area contributed by atoms with Crippen LogP contribution in [-0.2, 0) is 4.74 Å². The molecule has 0 aliphatic rings. The van der Waals surface area contributed by atoms with Crippen LogP contribution in [0.25, 0.3) is 0 Å². The van der Waals surface area contributed by atoms with E-state index in [1.165, 1.54) is 6.42 Å². The van der Waals surface area contributed by atoms with E-state index in [0.29, 0.717) is 11.3 Å². The summed E-state index contributed by atoms with van der Waals surface area (Å²) in [7, 11) is 1.76. The molecule has 0 aromatic carbocycles. The molecule has 0 aromatic heterocycles. The normalized spacial score (nSPS) is 14.3. The molecule has 1 atom stereocenters. The lowest BCUT2D eigenvalue weighted by Crippen LogP contribution is -2.36. The van der Waals surface area contributed by atoms with Crippen LogP contribution >= 0.6 is 0 Å². The van der Waals surface area contributed by atoms with Crippen LogP contribution in [0.5, 0.6) is 0 Å². The van der Waals surface area contributed by atoms with Gasteiger partial charge in [-0.2, -0.15) is 0 Å². The molecule has 0 fully saturated rings. The number of nitrogens with two attached hydrogens (primary N) is 1. The summed E-state index contributed by atoms with van der Waals surface area (Å²) in [4.78, 5) is 0. The van der Waals surface area contributed by atoms with Crippen LogP contribution in [0.2, 0.25) is 0 Å². The smallest absolute Gasteiger partial charge is 0.0467 e. The molecular weight excluding hydrogens is 212 g/mol. The van der Waals surface area contributed by atoms with E-state index in [-0.39, 0.29) is 0 Å². The standard InChI is InChI=1S/C14H32N2O/c1-12(2)8-13(9-15)10-16-11-14(3,4)6-7-17-5/h12-13,16H,6-11,15H2,1-5H3. The molecule has 3 N–H and O–H groups in total. The Balaban J connectivity index is 3.78. The van der Waals surface area contributed by atoms with E-state index < -0.39 is 0 Å². The highest BCUT2D eigenvalue weighted by Crippen LogP contribution is 2.19. The Morgan fingerprint density at radius 2 is 1.94 bits per heavy atom. The maximum atomic E-state index is 5.79. The first kappa shape index (κ1) is 16.9. The Morgan fingerprint density at radius 3 is 2.41 bits per heavy atom. The highest BCUT2D eigenvalue weighted by atomic mass is 16.5. The average Bonchev–Trinajstić information content (AvgIpc) is 2.24. The number of nitrogens with one attached hydrogen (secondary N) is 1. The molecular formula is C14H32N2O. The van der Waals surface area contributed by atoms with Gasteiger partial charge in [-0.3, -0.25) is 0 Å². The summed E-state index contributed by atoms with van der Waals surface area (Å²) in [5.41, 5.74) is 6.09. The molecule has 3 nitrogen and oxygen atoms in total. The van der Waals surface area contributed by atoms with Gasteiger partial charge in [-0.1, -0.05) is 27.7 Å². The van der Waals surface area contributed by atoms with Crippen LogP contribution in [0.15, 0.2) is 0 Å². The molecule has 3 heteroatoms. The van der Waals surface area contributed by atoms with E-state index in [2.05, 4.69) is 33.0 Å². The summed E-state index contributed by atoms with van der Waals surface area (Å²) in [5, 5.41) is 3.56. The lowest BCUT2D eigenvalue weighted by Gasteiger charge is -2.26. The third kappa shape index (κ3) is 9.57. The van der Waals surface area contributed by atoms with Crippen LogP contribution in [-0.4, -0.2) is 33.4 Å². The molecule has 1 unspecified atom stereocenters.